The molecule has 0 aliphatic carbocycles. The maximum absolute atomic E-state index is 13.5. The quantitative estimate of drug-likeness (QED) is 0.872. The summed E-state index contributed by atoms with van der Waals surface area (Å²) in [6.07, 6.45) is 0.436. The fourth-order valence-corrected chi connectivity index (χ4v) is 1.72. The Labute approximate surface area is 102 Å². The predicted octanol–water partition coefficient (Wildman–Crippen LogP) is 2.50. The van der Waals surface area contributed by atoms with Crippen molar-refractivity contribution >= 4 is 5.69 Å². The highest BCUT2D eigenvalue weighted by Crippen LogP contribution is 2.27. The number of benzene rings is 1. The summed E-state index contributed by atoms with van der Waals surface area (Å²) in [6, 6.07) is 5.13. The first-order chi connectivity index (χ1) is 7.97. The fraction of sp³-hybridized carbons (Fsp3) is 0.462. The van der Waals surface area contributed by atoms with Gasteiger partial charge in [-0.3, -0.25) is 0 Å². The third-order valence-corrected chi connectivity index (χ3v) is 2.77. The zero-order valence-corrected chi connectivity index (χ0v) is 10.5. The third-order valence-electron chi connectivity index (χ3n) is 2.77. The van der Waals surface area contributed by atoms with Gasteiger partial charge in [-0.2, -0.15) is 5.26 Å². The van der Waals surface area contributed by atoms with Crippen molar-refractivity contribution in [2.75, 3.05) is 18.5 Å². The van der Waals surface area contributed by atoms with Gasteiger partial charge in [-0.25, -0.2) is 4.39 Å². The molecule has 0 heterocycles. The van der Waals surface area contributed by atoms with Crippen LogP contribution in [0.5, 0.6) is 0 Å². The molecule has 1 aromatic carbocycles. The topological polar surface area (TPSA) is 53.0 Å². The van der Waals surface area contributed by atoms with Crippen LogP contribution in [0.2, 0.25) is 0 Å². The molecule has 0 fully saturated rings. The zero-order valence-electron chi connectivity index (χ0n) is 10.5. The monoisotopic (exact) mass is 235 g/mol. The summed E-state index contributed by atoms with van der Waals surface area (Å²) in [5.74, 6) is -0.241. The largest absolute Gasteiger partial charge is 0.373 e. The van der Waals surface area contributed by atoms with E-state index in [2.05, 4.69) is 6.07 Å². The lowest BCUT2D eigenvalue weighted by atomic mass is 10.0. The molecule has 0 amide bonds. The minimum atomic E-state index is -0.241. The molecule has 4 heteroatoms. The molecule has 1 rings (SSSR count). The first kappa shape index (κ1) is 13.5. The summed E-state index contributed by atoms with van der Waals surface area (Å²) >= 11 is 0. The molecule has 92 valence electrons. The Hall–Kier alpha value is -1.60. The Balaban J connectivity index is 3.12. The van der Waals surface area contributed by atoms with E-state index in [9.17, 15) is 4.39 Å². The first-order valence-corrected chi connectivity index (χ1v) is 5.61. The maximum Gasteiger partial charge on any atom is 0.126 e. The van der Waals surface area contributed by atoms with Crippen LogP contribution in [0.3, 0.4) is 0 Å². The lowest BCUT2D eigenvalue weighted by molar-refractivity contribution is 0.612. The summed E-state index contributed by atoms with van der Waals surface area (Å²) in [5, 5.41) is 8.58. The second-order valence-electron chi connectivity index (χ2n) is 4.28. The van der Waals surface area contributed by atoms with Gasteiger partial charge in [-0.1, -0.05) is 0 Å². The highest BCUT2D eigenvalue weighted by molar-refractivity contribution is 5.56. The Bertz CT molecular complexity index is 435. The van der Waals surface area contributed by atoms with Crippen molar-refractivity contribution in [3.63, 3.8) is 0 Å². The molecule has 0 aliphatic rings. The average Bonchev–Trinajstić information content (AvgIpc) is 2.28. The molecule has 0 aromatic heterocycles. The van der Waals surface area contributed by atoms with Gasteiger partial charge in [-0.05, 0) is 37.1 Å². The molecule has 0 saturated heterocycles. The van der Waals surface area contributed by atoms with Gasteiger partial charge in [0.05, 0.1) is 12.5 Å². The van der Waals surface area contributed by atoms with Gasteiger partial charge in [0.25, 0.3) is 0 Å². The van der Waals surface area contributed by atoms with E-state index < -0.39 is 0 Å². The van der Waals surface area contributed by atoms with Gasteiger partial charge in [0.1, 0.15) is 5.82 Å². The number of hydrogen-bond donors (Lipinski definition) is 1. The minimum Gasteiger partial charge on any atom is -0.373 e. The van der Waals surface area contributed by atoms with Crippen molar-refractivity contribution in [1.29, 1.82) is 5.26 Å². The van der Waals surface area contributed by atoms with E-state index in [1.54, 1.807) is 13.0 Å². The maximum atomic E-state index is 13.5. The molecule has 1 atom stereocenters. The third kappa shape index (κ3) is 3.18. The molecule has 3 nitrogen and oxygen atoms in total. The summed E-state index contributed by atoms with van der Waals surface area (Å²) in [4.78, 5) is 1.94. The standard InChI is InChI=1S/C13H18FN3/c1-9-7-13(17(3)6-4-5-15)11(10(2)16)8-12(9)14/h7-8,10H,4,6,16H2,1-3H3/t10-/m0/s1. The van der Waals surface area contributed by atoms with Crippen LogP contribution in [-0.2, 0) is 0 Å². The van der Waals surface area contributed by atoms with E-state index >= 15 is 0 Å². The molecule has 0 saturated carbocycles. The average molecular weight is 235 g/mol. The van der Waals surface area contributed by atoms with Gasteiger partial charge >= 0.3 is 0 Å². The van der Waals surface area contributed by atoms with Crippen molar-refractivity contribution in [1.82, 2.24) is 0 Å². The SMILES string of the molecule is Cc1cc(N(C)CCC#N)c([C@H](C)N)cc1F. The van der Waals surface area contributed by atoms with Crippen LogP contribution in [0.1, 0.15) is 30.5 Å². The molecule has 0 aliphatic heterocycles. The molecular formula is C13H18FN3. The van der Waals surface area contributed by atoms with E-state index in [4.69, 9.17) is 11.0 Å². The summed E-state index contributed by atoms with van der Waals surface area (Å²) in [7, 11) is 1.88. The number of hydrogen-bond acceptors (Lipinski definition) is 3. The summed E-state index contributed by atoms with van der Waals surface area (Å²) in [6.45, 7) is 4.16. The molecular weight excluding hydrogens is 217 g/mol. The molecule has 0 radical (unpaired) electrons. The Morgan fingerprint density at radius 3 is 2.71 bits per heavy atom. The lowest BCUT2D eigenvalue weighted by Gasteiger charge is -2.24. The molecule has 17 heavy (non-hydrogen) atoms. The molecule has 0 bridgehead atoms. The number of halogens is 1. The van der Waals surface area contributed by atoms with Gasteiger partial charge in [0, 0.05) is 25.3 Å². The number of nitrogens with zero attached hydrogens (tertiary/aromatic N) is 2. The Morgan fingerprint density at radius 2 is 2.18 bits per heavy atom. The van der Waals surface area contributed by atoms with Gasteiger partial charge in [0.15, 0.2) is 0 Å². The highest BCUT2D eigenvalue weighted by atomic mass is 19.1. The summed E-state index contributed by atoms with van der Waals surface area (Å²) < 4.78 is 13.5. The van der Waals surface area contributed by atoms with E-state index in [0.29, 0.717) is 18.5 Å². The number of anilines is 1. The van der Waals surface area contributed by atoms with Crippen molar-refractivity contribution in [2.24, 2.45) is 5.73 Å². The predicted molar refractivity (Wildman–Crippen MR) is 67.2 cm³/mol. The number of nitrogens with two attached hydrogens (primary N) is 1. The first-order valence-electron chi connectivity index (χ1n) is 5.61. The van der Waals surface area contributed by atoms with Gasteiger partial charge in [-0.15, -0.1) is 0 Å². The number of nitriles is 1. The second-order valence-corrected chi connectivity index (χ2v) is 4.28. The van der Waals surface area contributed by atoms with Crippen molar-refractivity contribution in [3.8, 4) is 6.07 Å². The van der Waals surface area contributed by atoms with E-state index in [0.717, 1.165) is 11.3 Å². The summed E-state index contributed by atoms with van der Waals surface area (Å²) in [5.41, 5.74) is 8.10. The van der Waals surface area contributed by atoms with Gasteiger partial charge in [0.2, 0.25) is 0 Å². The minimum absolute atomic E-state index is 0.232. The van der Waals surface area contributed by atoms with E-state index in [1.165, 1.54) is 6.07 Å². The molecule has 0 unspecified atom stereocenters. The second kappa shape index (κ2) is 5.65. The lowest BCUT2D eigenvalue weighted by Crippen LogP contribution is -2.22. The van der Waals surface area contributed by atoms with Crippen LogP contribution < -0.4 is 10.6 Å². The van der Waals surface area contributed by atoms with Crippen LogP contribution in [0.4, 0.5) is 10.1 Å². The molecule has 0 spiro atoms. The van der Waals surface area contributed by atoms with Crippen LogP contribution >= 0.6 is 0 Å². The smallest absolute Gasteiger partial charge is 0.126 e. The van der Waals surface area contributed by atoms with Crippen LogP contribution in [0.15, 0.2) is 12.1 Å². The van der Waals surface area contributed by atoms with Crippen molar-refractivity contribution in [2.45, 2.75) is 26.3 Å². The number of aryl methyl sites for hydroxylation is 1. The molecule has 2 N–H and O–H groups in total. The number of rotatable bonds is 4. The normalized spacial score (nSPS) is 12.0. The Morgan fingerprint density at radius 1 is 1.53 bits per heavy atom. The fourth-order valence-electron chi connectivity index (χ4n) is 1.72. The van der Waals surface area contributed by atoms with Crippen molar-refractivity contribution in [3.05, 3.63) is 29.1 Å². The zero-order chi connectivity index (χ0) is 13.0. The van der Waals surface area contributed by atoms with Gasteiger partial charge < -0.3 is 10.6 Å². The van der Waals surface area contributed by atoms with Crippen molar-refractivity contribution < 1.29 is 4.39 Å². The molecule has 1 aromatic rings. The van der Waals surface area contributed by atoms with E-state index in [-0.39, 0.29) is 11.9 Å². The van der Waals surface area contributed by atoms with E-state index in [1.807, 2.05) is 18.9 Å². The van der Waals surface area contributed by atoms with Crippen LogP contribution in [0.25, 0.3) is 0 Å². The Kier molecular flexibility index (Phi) is 4.47. The van der Waals surface area contributed by atoms with Crippen LogP contribution in [-0.4, -0.2) is 13.6 Å². The highest BCUT2D eigenvalue weighted by Gasteiger charge is 2.13. The van der Waals surface area contributed by atoms with Crippen LogP contribution in [0, 0.1) is 24.1 Å².